The molecule has 1 aliphatic heterocycles. The minimum atomic E-state index is -1.23. The number of benzene rings is 5. The van der Waals surface area contributed by atoms with Crippen LogP contribution in [0.2, 0.25) is 0 Å². The number of anilines is 1. The molecule has 3 aliphatic carbocycles. The van der Waals surface area contributed by atoms with Gasteiger partial charge in [-0.25, -0.2) is 10.3 Å². The van der Waals surface area contributed by atoms with Crippen LogP contribution in [0.15, 0.2) is 120 Å². The van der Waals surface area contributed by atoms with Crippen molar-refractivity contribution in [3.8, 4) is 0 Å². The van der Waals surface area contributed by atoms with Crippen LogP contribution in [-0.2, 0) is 15.0 Å². The van der Waals surface area contributed by atoms with Gasteiger partial charge in [0.1, 0.15) is 5.69 Å². The van der Waals surface area contributed by atoms with Crippen LogP contribution in [0.5, 0.6) is 0 Å². The Balaban J connectivity index is 1.29. The van der Waals surface area contributed by atoms with E-state index >= 15 is 0 Å². The number of carbonyl (C=O) groups is 3. The number of nitrogens with one attached hydrogen (secondary N) is 1. The van der Waals surface area contributed by atoms with Gasteiger partial charge >= 0.3 is 0 Å². The number of nitro benzene ring substituents is 1. The highest BCUT2D eigenvalue weighted by molar-refractivity contribution is 6.25. The summed E-state index contributed by atoms with van der Waals surface area (Å²) in [5, 5.41) is 18.1. The van der Waals surface area contributed by atoms with Crippen molar-refractivity contribution in [1.82, 2.24) is 5.43 Å². The van der Waals surface area contributed by atoms with Crippen molar-refractivity contribution >= 4 is 46.1 Å². The molecule has 3 amide bonds. The number of para-hydroxylation sites is 2. The monoisotopic (exact) mass is 592 g/mol. The van der Waals surface area contributed by atoms with Gasteiger partial charge in [-0.3, -0.25) is 24.5 Å². The smallest absolute Gasteiger partial charge is 0.274 e. The summed E-state index contributed by atoms with van der Waals surface area (Å²) in [6.07, 6.45) is 1.58. The minimum absolute atomic E-state index is 0.0595. The SMILES string of the molecule is O=C(N/N=C\C12c3ccccc3C(c3ccccc31)[C@H]1C(=O)N(c3ccccc3[N+](=O)[O-])C(=O)[C@H]12)c1cccc2ccccc12. The molecule has 1 heterocycles. The number of nitro groups is 1. The van der Waals surface area contributed by atoms with Crippen molar-refractivity contribution in [2.75, 3.05) is 4.90 Å². The summed E-state index contributed by atoms with van der Waals surface area (Å²) < 4.78 is 0. The van der Waals surface area contributed by atoms with E-state index < -0.39 is 45.8 Å². The number of fused-ring (bicyclic) bond motifs is 1. The van der Waals surface area contributed by atoms with Gasteiger partial charge in [0.15, 0.2) is 0 Å². The van der Waals surface area contributed by atoms with Crippen LogP contribution in [0.3, 0.4) is 0 Å². The van der Waals surface area contributed by atoms with Crippen molar-refractivity contribution < 1.29 is 19.3 Å². The largest absolute Gasteiger partial charge is 0.293 e. The van der Waals surface area contributed by atoms with Gasteiger partial charge in [-0.1, -0.05) is 97.1 Å². The zero-order valence-electron chi connectivity index (χ0n) is 23.7. The summed E-state index contributed by atoms with van der Waals surface area (Å²) in [6, 6.07) is 34.1. The molecule has 2 atom stereocenters. The zero-order valence-corrected chi connectivity index (χ0v) is 23.7. The number of imide groups is 1. The molecule has 0 saturated carbocycles. The maximum absolute atomic E-state index is 14.5. The highest BCUT2D eigenvalue weighted by Crippen LogP contribution is 2.63. The number of carbonyl (C=O) groups excluding carboxylic acids is 3. The van der Waals surface area contributed by atoms with E-state index in [0.29, 0.717) is 5.56 Å². The van der Waals surface area contributed by atoms with Gasteiger partial charge in [-0.2, -0.15) is 5.10 Å². The summed E-state index contributed by atoms with van der Waals surface area (Å²) in [6.45, 7) is 0. The lowest BCUT2D eigenvalue weighted by atomic mass is 9.47. The van der Waals surface area contributed by atoms with E-state index in [1.165, 1.54) is 18.2 Å². The van der Waals surface area contributed by atoms with Crippen molar-refractivity contribution in [3.63, 3.8) is 0 Å². The molecule has 9 heteroatoms. The molecule has 9 rings (SSSR count). The van der Waals surface area contributed by atoms with Crippen LogP contribution < -0.4 is 10.3 Å². The fourth-order valence-electron chi connectivity index (χ4n) is 7.77. The molecular formula is C36H24N4O5. The van der Waals surface area contributed by atoms with Crippen molar-refractivity contribution in [3.05, 3.63) is 153 Å². The van der Waals surface area contributed by atoms with Crippen LogP contribution in [0, 0.1) is 22.0 Å². The van der Waals surface area contributed by atoms with Crippen LogP contribution in [0.25, 0.3) is 10.8 Å². The van der Waals surface area contributed by atoms with Crippen LogP contribution in [-0.4, -0.2) is 28.9 Å². The summed E-state index contributed by atoms with van der Waals surface area (Å²) in [5.41, 5.74) is 4.89. The Kier molecular flexibility index (Phi) is 5.79. The molecule has 5 aromatic carbocycles. The second-order valence-corrected chi connectivity index (χ2v) is 11.5. The lowest BCUT2D eigenvalue weighted by Crippen LogP contribution is -2.54. The average Bonchev–Trinajstić information content (AvgIpc) is 3.34. The molecule has 0 aromatic heterocycles. The van der Waals surface area contributed by atoms with Crippen molar-refractivity contribution in [1.29, 1.82) is 0 Å². The van der Waals surface area contributed by atoms with Crippen LogP contribution >= 0.6 is 0 Å². The van der Waals surface area contributed by atoms with E-state index in [1.807, 2.05) is 78.9 Å². The van der Waals surface area contributed by atoms with Crippen LogP contribution in [0.1, 0.15) is 38.5 Å². The van der Waals surface area contributed by atoms with Gasteiger partial charge < -0.3 is 0 Å². The maximum Gasteiger partial charge on any atom is 0.293 e. The van der Waals surface area contributed by atoms with Crippen LogP contribution in [0.4, 0.5) is 11.4 Å². The van der Waals surface area contributed by atoms with Gasteiger partial charge in [0.2, 0.25) is 11.8 Å². The molecule has 0 radical (unpaired) electrons. The molecule has 9 nitrogen and oxygen atoms in total. The second kappa shape index (κ2) is 9.78. The summed E-state index contributed by atoms with van der Waals surface area (Å²) in [7, 11) is 0. The fourth-order valence-corrected chi connectivity index (χ4v) is 7.77. The normalized spacial score (nSPS) is 22.8. The summed E-state index contributed by atoms with van der Waals surface area (Å²) in [4.78, 5) is 54.7. The number of hydrogen-bond donors (Lipinski definition) is 1. The molecule has 218 valence electrons. The third-order valence-corrected chi connectivity index (χ3v) is 9.47. The lowest BCUT2D eigenvalue weighted by molar-refractivity contribution is -0.384. The highest BCUT2D eigenvalue weighted by Gasteiger charge is 2.68. The summed E-state index contributed by atoms with van der Waals surface area (Å²) >= 11 is 0. The Labute approximate surface area is 256 Å². The Morgan fingerprint density at radius 3 is 2.16 bits per heavy atom. The van der Waals surface area contributed by atoms with Crippen molar-refractivity contribution in [2.24, 2.45) is 16.9 Å². The molecule has 0 unspecified atom stereocenters. The Bertz CT molecular complexity index is 2090. The van der Waals surface area contributed by atoms with Gasteiger partial charge in [0.25, 0.3) is 11.6 Å². The van der Waals surface area contributed by atoms with E-state index in [2.05, 4.69) is 10.5 Å². The number of hydrazone groups is 1. The molecule has 2 bridgehead atoms. The lowest BCUT2D eigenvalue weighted by Gasteiger charge is -2.52. The molecule has 5 aromatic rings. The first kappa shape index (κ1) is 26.7. The predicted octanol–water partition coefficient (Wildman–Crippen LogP) is 5.71. The fraction of sp³-hybridized carbons (Fsp3) is 0.111. The van der Waals surface area contributed by atoms with Gasteiger partial charge in [0, 0.05) is 23.8 Å². The van der Waals surface area contributed by atoms with E-state index in [9.17, 15) is 24.5 Å². The number of nitrogens with zero attached hydrogens (tertiary/aromatic N) is 3. The number of amides is 3. The quantitative estimate of drug-likeness (QED) is 0.121. The average molecular weight is 593 g/mol. The Morgan fingerprint density at radius 2 is 1.42 bits per heavy atom. The first-order valence-electron chi connectivity index (χ1n) is 14.6. The second-order valence-electron chi connectivity index (χ2n) is 11.5. The number of hydrogen-bond acceptors (Lipinski definition) is 6. The van der Waals surface area contributed by atoms with Gasteiger partial charge in [-0.15, -0.1) is 0 Å². The molecule has 4 aliphatic rings. The third kappa shape index (κ3) is 3.61. The van der Waals surface area contributed by atoms with Gasteiger partial charge in [0.05, 0.1) is 22.2 Å². The van der Waals surface area contributed by atoms with E-state index in [0.717, 1.165) is 37.9 Å². The highest BCUT2D eigenvalue weighted by atomic mass is 16.6. The molecule has 0 spiro atoms. The summed E-state index contributed by atoms with van der Waals surface area (Å²) in [5.74, 6) is -3.67. The molecule has 1 saturated heterocycles. The Morgan fingerprint density at radius 1 is 0.800 bits per heavy atom. The van der Waals surface area contributed by atoms with Gasteiger partial charge in [-0.05, 0) is 45.2 Å². The molecule has 1 N–H and O–H groups in total. The van der Waals surface area contributed by atoms with E-state index in [4.69, 9.17) is 0 Å². The first-order chi connectivity index (χ1) is 21.9. The molecule has 1 fully saturated rings. The first-order valence-corrected chi connectivity index (χ1v) is 14.6. The predicted molar refractivity (Wildman–Crippen MR) is 168 cm³/mol. The van der Waals surface area contributed by atoms with E-state index in [-0.39, 0.29) is 11.4 Å². The maximum atomic E-state index is 14.5. The topological polar surface area (TPSA) is 122 Å². The standard InChI is InChI=1S/C36H24N4O5/c41-33(23-15-9-11-21-10-1-2-12-22(21)23)38-37-20-36-26-16-5-3-13-24(26)30(25-14-4-6-17-27(25)36)31-32(36)35(43)39(34(31)42)28-18-7-8-19-29(28)40(44)45/h1-20,30-32H,(H,38,41)/b37-20-/t30?,31-,32+,36?/m1/s1. The Hall–Kier alpha value is -5.96. The van der Waals surface area contributed by atoms with E-state index in [1.54, 1.807) is 24.4 Å². The molecular weight excluding hydrogens is 568 g/mol. The third-order valence-electron chi connectivity index (χ3n) is 9.47. The molecule has 45 heavy (non-hydrogen) atoms. The number of rotatable bonds is 5. The van der Waals surface area contributed by atoms with Crippen molar-refractivity contribution in [2.45, 2.75) is 11.3 Å². The minimum Gasteiger partial charge on any atom is -0.274 e. The zero-order chi connectivity index (χ0) is 30.9.